The Kier molecular flexibility index (Phi) is 2.60. The molecular weight excluding hydrogens is 184 g/mol. The van der Waals surface area contributed by atoms with Gasteiger partial charge in [0, 0.05) is 13.0 Å². The van der Waals surface area contributed by atoms with Crippen LogP contribution in [-0.4, -0.2) is 21.7 Å². The molecule has 0 atom stereocenters. The van der Waals surface area contributed by atoms with Crippen molar-refractivity contribution in [3.05, 3.63) is 27.4 Å². The number of ether oxygens (including phenoxy) is 1. The second kappa shape index (κ2) is 3.89. The molecule has 5 nitrogen and oxygen atoms in total. The third-order valence-electron chi connectivity index (χ3n) is 2.21. The molecule has 1 aliphatic rings. The molecule has 0 unspecified atom stereocenters. The number of aromatic amines is 1. The highest BCUT2D eigenvalue weighted by molar-refractivity contribution is 5.19. The predicted octanol–water partition coefficient (Wildman–Crippen LogP) is -0.275. The standard InChI is InChI=1S/C9H12N2O3/c12-3-1-2-8-10-7-5-14-4-6(7)9(13)11-8/h12H,1-5H2,(H,10,11,13). The summed E-state index contributed by atoms with van der Waals surface area (Å²) in [5.74, 6) is 0.633. The molecule has 0 fully saturated rings. The number of H-pyrrole nitrogens is 1. The van der Waals surface area contributed by atoms with E-state index in [1.807, 2.05) is 0 Å². The zero-order valence-corrected chi connectivity index (χ0v) is 7.75. The van der Waals surface area contributed by atoms with Gasteiger partial charge in [-0.25, -0.2) is 4.98 Å². The molecule has 2 N–H and O–H groups in total. The van der Waals surface area contributed by atoms with Crippen LogP contribution in [0.5, 0.6) is 0 Å². The quantitative estimate of drug-likeness (QED) is 0.697. The average Bonchev–Trinajstić information content (AvgIpc) is 2.63. The summed E-state index contributed by atoms with van der Waals surface area (Å²) in [5.41, 5.74) is 1.26. The van der Waals surface area contributed by atoms with Crippen molar-refractivity contribution in [3.8, 4) is 0 Å². The van der Waals surface area contributed by atoms with Crippen molar-refractivity contribution in [1.29, 1.82) is 0 Å². The molecule has 1 aromatic heterocycles. The number of aryl methyl sites for hydroxylation is 1. The van der Waals surface area contributed by atoms with E-state index >= 15 is 0 Å². The number of nitrogens with zero attached hydrogens (tertiary/aromatic N) is 1. The van der Waals surface area contributed by atoms with Gasteiger partial charge in [-0.2, -0.15) is 0 Å². The zero-order chi connectivity index (χ0) is 9.97. The summed E-state index contributed by atoms with van der Waals surface area (Å²) >= 11 is 0. The van der Waals surface area contributed by atoms with Crippen LogP contribution >= 0.6 is 0 Å². The van der Waals surface area contributed by atoms with Crippen molar-refractivity contribution in [2.75, 3.05) is 6.61 Å². The van der Waals surface area contributed by atoms with Gasteiger partial charge < -0.3 is 14.8 Å². The van der Waals surface area contributed by atoms with Gasteiger partial charge in [0.1, 0.15) is 5.82 Å². The van der Waals surface area contributed by atoms with E-state index in [0.717, 1.165) is 5.69 Å². The van der Waals surface area contributed by atoms with E-state index in [0.29, 0.717) is 37.4 Å². The molecule has 0 spiro atoms. The van der Waals surface area contributed by atoms with Crippen LogP contribution in [0.2, 0.25) is 0 Å². The summed E-state index contributed by atoms with van der Waals surface area (Å²) in [6.07, 6.45) is 1.21. The number of hydrogen-bond donors (Lipinski definition) is 2. The van der Waals surface area contributed by atoms with Crippen molar-refractivity contribution in [1.82, 2.24) is 9.97 Å². The number of nitrogens with one attached hydrogen (secondary N) is 1. The van der Waals surface area contributed by atoms with Crippen LogP contribution in [0.15, 0.2) is 4.79 Å². The van der Waals surface area contributed by atoms with E-state index < -0.39 is 0 Å². The maximum absolute atomic E-state index is 11.5. The van der Waals surface area contributed by atoms with E-state index in [9.17, 15) is 4.79 Å². The predicted molar refractivity (Wildman–Crippen MR) is 48.8 cm³/mol. The van der Waals surface area contributed by atoms with Crippen molar-refractivity contribution in [2.24, 2.45) is 0 Å². The molecule has 0 amide bonds. The number of aliphatic hydroxyl groups excluding tert-OH is 1. The highest BCUT2D eigenvalue weighted by Gasteiger charge is 2.17. The van der Waals surface area contributed by atoms with Gasteiger partial charge in [-0.3, -0.25) is 4.79 Å². The lowest BCUT2D eigenvalue weighted by molar-refractivity contribution is 0.133. The minimum absolute atomic E-state index is 0.108. The van der Waals surface area contributed by atoms with Crippen LogP contribution in [0.1, 0.15) is 23.5 Å². The Labute approximate surface area is 80.8 Å². The van der Waals surface area contributed by atoms with E-state index in [4.69, 9.17) is 9.84 Å². The molecule has 0 bridgehead atoms. The molecule has 2 rings (SSSR count). The fourth-order valence-corrected chi connectivity index (χ4v) is 1.48. The minimum atomic E-state index is -0.111. The highest BCUT2D eigenvalue weighted by Crippen LogP contribution is 2.12. The molecule has 0 aromatic carbocycles. The lowest BCUT2D eigenvalue weighted by atomic mass is 10.2. The van der Waals surface area contributed by atoms with Crippen molar-refractivity contribution in [3.63, 3.8) is 0 Å². The third-order valence-corrected chi connectivity index (χ3v) is 2.21. The second-order valence-corrected chi connectivity index (χ2v) is 3.26. The second-order valence-electron chi connectivity index (χ2n) is 3.26. The zero-order valence-electron chi connectivity index (χ0n) is 7.75. The molecule has 1 aromatic rings. The van der Waals surface area contributed by atoms with Crippen LogP contribution in [-0.2, 0) is 24.4 Å². The van der Waals surface area contributed by atoms with Gasteiger partial charge in [-0.1, -0.05) is 0 Å². The van der Waals surface area contributed by atoms with Crippen LogP contribution in [0.4, 0.5) is 0 Å². The smallest absolute Gasteiger partial charge is 0.256 e. The van der Waals surface area contributed by atoms with Crippen LogP contribution < -0.4 is 5.56 Å². The highest BCUT2D eigenvalue weighted by atomic mass is 16.5. The van der Waals surface area contributed by atoms with Gasteiger partial charge in [-0.15, -0.1) is 0 Å². The first-order valence-electron chi connectivity index (χ1n) is 4.61. The summed E-state index contributed by atoms with van der Waals surface area (Å²) in [5, 5.41) is 8.65. The SMILES string of the molecule is O=c1[nH]c(CCCO)nc2c1COC2. The topological polar surface area (TPSA) is 75.2 Å². The Hall–Kier alpha value is -1.20. The Balaban J connectivity index is 2.28. The Morgan fingerprint density at radius 3 is 3.14 bits per heavy atom. The van der Waals surface area contributed by atoms with Gasteiger partial charge in [0.05, 0.1) is 24.5 Å². The molecule has 0 radical (unpaired) electrons. The Morgan fingerprint density at radius 1 is 1.50 bits per heavy atom. The lowest BCUT2D eigenvalue weighted by Crippen LogP contribution is -2.17. The molecule has 5 heteroatoms. The van der Waals surface area contributed by atoms with Gasteiger partial charge in [0.2, 0.25) is 0 Å². The van der Waals surface area contributed by atoms with Gasteiger partial charge in [0.25, 0.3) is 5.56 Å². The van der Waals surface area contributed by atoms with E-state index in [1.165, 1.54) is 0 Å². The third kappa shape index (κ3) is 1.69. The molecule has 0 saturated carbocycles. The summed E-state index contributed by atoms with van der Waals surface area (Å²) in [4.78, 5) is 18.4. The van der Waals surface area contributed by atoms with Crippen LogP contribution in [0.25, 0.3) is 0 Å². The molecule has 2 heterocycles. The summed E-state index contributed by atoms with van der Waals surface area (Å²) in [6, 6.07) is 0. The lowest BCUT2D eigenvalue weighted by Gasteiger charge is -2.01. The van der Waals surface area contributed by atoms with Crippen molar-refractivity contribution >= 4 is 0 Å². The first-order chi connectivity index (χ1) is 6.81. The first kappa shape index (κ1) is 9.36. The van der Waals surface area contributed by atoms with Gasteiger partial charge >= 0.3 is 0 Å². The van der Waals surface area contributed by atoms with Crippen molar-refractivity contribution < 1.29 is 9.84 Å². The Morgan fingerprint density at radius 2 is 2.36 bits per heavy atom. The summed E-state index contributed by atoms with van der Waals surface area (Å²) in [7, 11) is 0. The molecule has 14 heavy (non-hydrogen) atoms. The molecule has 76 valence electrons. The maximum Gasteiger partial charge on any atom is 0.256 e. The van der Waals surface area contributed by atoms with Crippen LogP contribution in [0.3, 0.4) is 0 Å². The number of aliphatic hydroxyl groups is 1. The fraction of sp³-hybridized carbons (Fsp3) is 0.556. The molecule has 0 saturated heterocycles. The number of rotatable bonds is 3. The Bertz CT molecular complexity index is 386. The van der Waals surface area contributed by atoms with E-state index in [-0.39, 0.29) is 12.2 Å². The first-order valence-corrected chi connectivity index (χ1v) is 4.61. The number of hydrogen-bond acceptors (Lipinski definition) is 4. The monoisotopic (exact) mass is 196 g/mol. The maximum atomic E-state index is 11.5. The van der Waals surface area contributed by atoms with Crippen LogP contribution in [0, 0.1) is 0 Å². The summed E-state index contributed by atoms with van der Waals surface area (Å²) in [6.45, 7) is 0.890. The average molecular weight is 196 g/mol. The largest absolute Gasteiger partial charge is 0.396 e. The molecule has 1 aliphatic heterocycles. The normalized spacial score (nSPS) is 14.4. The molecular formula is C9H12N2O3. The fourth-order valence-electron chi connectivity index (χ4n) is 1.48. The number of fused-ring (bicyclic) bond motifs is 1. The van der Waals surface area contributed by atoms with Gasteiger partial charge in [-0.05, 0) is 6.42 Å². The summed E-state index contributed by atoms with van der Waals surface area (Å²) < 4.78 is 5.12. The minimum Gasteiger partial charge on any atom is -0.396 e. The van der Waals surface area contributed by atoms with E-state index in [1.54, 1.807) is 0 Å². The van der Waals surface area contributed by atoms with Gasteiger partial charge in [0.15, 0.2) is 0 Å². The van der Waals surface area contributed by atoms with E-state index in [2.05, 4.69) is 9.97 Å². The number of aromatic nitrogens is 2. The van der Waals surface area contributed by atoms with Crippen molar-refractivity contribution in [2.45, 2.75) is 26.1 Å². The molecule has 0 aliphatic carbocycles.